The second kappa shape index (κ2) is 11.9. The van der Waals surface area contributed by atoms with Gasteiger partial charge >= 0.3 is 0 Å². The van der Waals surface area contributed by atoms with Crippen LogP contribution in [0.15, 0.2) is 0 Å². The highest BCUT2D eigenvalue weighted by Crippen LogP contribution is 2.11. The van der Waals surface area contributed by atoms with Crippen molar-refractivity contribution in [2.24, 2.45) is 0 Å². The van der Waals surface area contributed by atoms with Crippen LogP contribution in [0.3, 0.4) is 0 Å². The van der Waals surface area contributed by atoms with Crippen LogP contribution in [0.2, 0.25) is 0 Å². The van der Waals surface area contributed by atoms with Crippen LogP contribution in [0, 0.1) is 0 Å². The maximum absolute atomic E-state index is 2.43. The Hall–Kier alpha value is -0.120. The van der Waals surface area contributed by atoms with Crippen LogP contribution in [-0.2, 0) is 0 Å². The molecule has 2 aliphatic rings. The summed E-state index contributed by atoms with van der Waals surface area (Å²) in [6.07, 6.45) is 2.82. The van der Waals surface area contributed by atoms with Crippen LogP contribution in [0.5, 0.6) is 0 Å². The fourth-order valence-electron chi connectivity index (χ4n) is 1.34. The van der Waals surface area contributed by atoms with E-state index < -0.39 is 0 Å². The van der Waals surface area contributed by atoms with Crippen molar-refractivity contribution in [1.82, 2.24) is 14.7 Å². The van der Waals surface area contributed by atoms with Crippen LogP contribution < -0.4 is 0 Å². The topological polar surface area (TPSA) is 9.72 Å². The monoisotopic (exact) mass is 259 g/mol. The van der Waals surface area contributed by atoms with E-state index in [1.807, 2.05) is 0 Å². The van der Waals surface area contributed by atoms with Gasteiger partial charge < -0.3 is 14.7 Å². The molecular weight excluding hydrogens is 222 g/mol. The fraction of sp³-hybridized carbons (Fsp3) is 1.00. The summed E-state index contributed by atoms with van der Waals surface area (Å²) in [7, 11) is 6.27. The minimum Gasteiger partial charge on any atom is -0.310 e. The molecule has 0 aliphatic carbocycles. The van der Waals surface area contributed by atoms with E-state index in [0.29, 0.717) is 0 Å². The molecule has 0 unspecified atom stereocenters. The highest BCUT2D eigenvalue weighted by Gasteiger charge is 2.17. The van der Waals surface area contributed by atoms with Crippen molar-refractivity contribution in [3.63, 3.8) is 0 Å². The highest BCUT2D eigenvalue weighted by molar-refractivity contribution is 4.73. The molecule has 3 nitrogen and oxygen atoms in total. The Morgan fingerprint density at radius 1 is 1.11 bits per heavy atom. The Morgan fingerprint density at radius 2 is 1.56 bits per heavy atom. The lowest BCUT2D eigenvalue weighted by molar-refractivity contribution is 0.143. The molecule has 0 aromatic heterocycles. The van der Waals surface area contributed by atoms with Crippen LogP contribution >= 0.6 is 0 Å². The Balaban J connectivity index is 0. The SMILES string of the molecule is C.CCN(C)C.CCN1CCC1.C[C@H]1CCN1C. The van der Waals surface area contributed by atoms with Crippen molar-refractivity contribution < 1.29 is 0 Å². The number of hydrogen-bond acceptors (Lipinski definition) is 3. The third-order valence-electron chi connectivity index (χ3n) is 3.68. The maximum atomic E-state index is 2.43. The number of likely N-dealkylation sites (tertiary alicyclic amines) is 2. The first kappa shape index (κ1) is 20.2. The average molecular weight is 259 g/mol. The van der Waals surface area contributed by atoms with Gasteiger partial charge in [0, 0.05) is 6.04 Å². The number of rotatable bonds is 2. The summed E-state index contributed by atoms with van der Waals surface area (Å²) in [5, 5.41) is 0. The van der Waals surface area contributed by atoms with E-state index in [1.54, 1.807) is 0 Å². The maximum Gasteiger partial charge on any atom is 0.00760 e. The molecular formula is C15H37N3. The van der Waals surface area contributed by atoms with Gasteiger partial charge in [0.05, 0.1) is 0 Å². The van der Waals surface area contributed by atoms with Gasteiger partial charge in [0.15, 0.2) is 0 Å². The standard InChI is InChI=1S/2C5H11N.C4H11N.CH4/c1-5-3-4-6(5)2;1-2-6-4-3-5-6;1-4-5(2)3;/h5H,3-4H2,1-2H3;2-5H2,1H3;4H2,1-3H3;1H4/t5-;;;/m0.../s1. The molecule has 112 valence electrons. The lowest BCUT2D eigenvalue weighted by Gasteiger charge is -2.34. The third kappa shape index (κ3) is 9.86. The number of nitrogens with zero attached hydrogens (tertiary/aromatic N) is 3. The number of hydrogen-bond donors (Lipinski definition) is 0. The summed E-state index contributed by atoms with van der Waals surface area (Å²) >= 11 is 0. The zero-order chi connectivity index (χ0) is 13.3. The summed E-state index contributed by atoms with van der Waals surface area (Å²) in [6.45, 7) is 13.0. The molecule has 2 fully saturated rings. The minimum atomic E-state index is 0. The first-order chi connectivity index (χ1) is 8.01. The summed E-state index contributed by atoms with van der Waals surface area (Å²) in [4.78, 5) is 6.90. The van der Waals surface area contributed by atoms with E-state index in [9.17, 15) is 0 Å². The van der Waals surface area contributed by atoms with Crippen LogP contribution in [0.25, 0.3) is 0 Å². The van der Waals surface area contributed by atoms with Crippen molar-refractivity contribution in [2.45, 2.75) is 47.1 Å². The second-order valence-electron chi connectivity index (χ2n) is 5.30. The average Bonchev–Trinajstić information content (AvgIpc) is 2.26. The molecule has 0 bridgehead atoms. The van der Waals surface area contributed by atoms with Gasteiger partial charge in [-0.2, -0.15) is 0 Å². The molecule has 0 amide bonds. The Kier molecular flexibility index (Phi) is 13.4. The smallest absolute Gasteiger partial charge is 0.00760 e. The van der Waals surface area contributed by atoms with Gasteiger partial charge in [0.2, 0.25) is 0 Å². The van der Waals surface area contributed by atoms with Crippen LogP contribution in [-0.4, -0.2) is 74.6 Å². The molecule has 0 N–H and O–H groups in total. The molecule has 0 aromatic rings. The molecule has 2 saturated heterocycles. The highest BCUT2D eigenvalue weighted by atomic mass is 15.2. The zero-order valence-corrected chi connectivity index (χ0v) is 12.9. The lowest BCUT2D eigenvalue weighted by atomic mass is 10.1. The molecule has 18 heavy (non-hydrogen) atoms. The Bertz CT molecular complexity index is 156. The summed E-state index contributed by atoms with van der Waals surface area (Å²) in [6, 6.07) is 0.866. The third-order valence-corrected chi connectivity index (χ3v) is 3.68. The molecule has 0 saturated carbocycles. The Morgan fingerprint density at radius 3 is 1.56 bits per heavy atom. The zero-order valence-electron chi connectivity index (χ0n) is 12.9. The largest absolute Gasteiger partial charge is 0.310 e. The first-order valence-corrected chi connectivity index (χ1v) is 7.08. The minimum absolute atomic E-state index is 0. The lowest BCUT2D eigenvalue weighted by Crippen LogP contribution is -2.41. The van der Waals surface area contributed by atoms with E-state index in [2.05, 4.69) is 56.6 Å². The molecule has 1 atom stereocenters. The van der Waals surface area contributed by atoms with Crippen molar-refractivity contribution in [1.29, 1.82) is 0 Å². The quantitative estimate of drug-likeness (QED) is 0.755. The van der Waals surface area contributed by atoms with Crippen LogP contribution in [0.4, 0.5) is 0 Å². The van der Waals surface area contributed by atoms with Gasteiger partial charge in [-0.15, -0.1) is 0 Å². The molecule has 3 heteroatoms. The normalized spacial score (nSPS) is 22.5. The Labute approximate surface area is 116 Å². The fourth-order valence-corrected chi connectivity index (χ4v) is 1.34. The molecule has 2 rings (SSSR count). The molecule has 0 aromatic carbocycles. The molecule has 2 heterocycles. The predicted molar refractivity (Wildman–Crippen MR) is 84.4 cm³/mol. The molecule has 0 radical (unpaired) electrons. The van der Waals surface area contributed by atoms with Gasteiger partial charge in [0.25, 0.3) is 0 Å². The van der Waals surface area contributed by atoms with Crippen molar-refractivity contribution in [3.05, 3.63) is 0 Å². The van der Waals surface area contributed by atoms with Gasteiger partial charge in [-0.25, -0.2) is 0 Å². The van der Waals surface area contributed by atoms with Gasteiger partial charge in [-0.1, -0.05) is 21.3 Å². The van der Waals surface area contributed by atoms with E-state index in [-0.39, 0.29) is 7.43 Å². The van der Waals surface area contributed by atoms with Gasteiger partial charge in [-0.3, -0.25) is 0 Å². The van der Waals surface area contributed by atoms with E-state index in [4.69, 9.17) is 0 Å². The van der Waals surface area contributed by atoms with E-state index in [0.717, 1.165) is 12.6 Å². The summed E-state index contributed by atoms with van der Waals surface area (Å²) < 4.78 is 0. The first-order valence-electron chi connectivity index (χ1n) is 7.08. The van der Waals surface area contributed by atoms with Gasteiger partial charge in [0.1, 0.15) is 0 Å². The van der Waals surface area contributed by atoms with Crippen molar-refractivity contribution in [2.75, 3.05) is 53.9 Å². The summed E-state index contributed by atoms with van der Waals surface area (Å²) in [5.41, 5.74) is 0. The van der Waals surface area contributed by atoms with Crippen LogP contribution in [0.1, 0.15) is 41.0 Å². The van der Waals surface area contributed by atoms with E-state index in [1.165, 1.54) is 39.0 Å². The van der Waals surface area contributed by atoms with Crippen molar-refractivity contribution in [3.8, 4) is 0 Å². The van der Waals surface area contributed by atoms with Gasteiger partial charge in [-0.05, 0) is 73.6 Å². The second-order valence-corrected chi connectivity index (χ2v) is 5.30. The summed E-state index contributed by atoms with van der Waals surface area (Å²) in [5.74, 6) is 0. The van der Waals surface area contributed by atoms with E-state index >= 15 is 0 Å². The molecule has 2 aliphatic heterocycles. The molecule has 0 spiro atoms. The van der Waals surface area contributed by atoms with Crippen molar-refractivity contribution >= 4 is 0 Å². The predicted octanol–water partition coefficient (Wildman–Crippen LogP) is 2.63.